The maximum atomic E-state index is 4.39. The molecule has 2 aromatic rings. The third-order valence-corrected chi connectivity index (χ3v) is 2.79. The van der Waals surface area contributed by atoms with E-state index in [1.54, 1.807) is 7.05 Å². The first-order valence-corrected chi connectivity index (χ1v) is 5.94. The smallest absolute Gasteiger partial charge is 0.176 e. The monoisotopic (exact) mass is 246 g/mol. The molecule has 6 nitrogen and oxygen atoms in total. The van der Waals surface area contributed by atoms with Crippen LogP contribution in [0.5, 0.6) is 0 Å². The predicted octanol–water partition coefficient (Wildman–Crippen LogP) is 0.725. The molecule has 18 heavy (non-hydrogen) atoms. The van der Waals surface area contributed by atoms with E-state index < -0.39 is 0 Å². The highest BCUT2D eigenvalue weighted by atomic mass is 15.6. The molecule has 1 N–H and O–H groups in total. The first-order chi connectivity index (χ1) is 8.58. The molecule has 0 fully saturated rings. The van der Waals surface area contributed by atoms with Crippen LogP contribution in [0, 0.1) is 13.8 Å². The van der Waals surface area contributed by atoms with Gasteiger partial charge in [-0.15, -0.1) is 10.2 Å². The van der Waals surface area contributed by atoms with Crippen molar-refractivity contribution in [1.29, 1.82) is 0 Å². The number of hydrogen-bond acceptors (Lipinski definition) is 5. The molecule has 1 unspecified atom stereocenters. The molecule has 0 saturated heterocycles. The summed E-state index contributed by atoms with van der Waals surface area (Å²) < 4.78 is 0. The predicted molar refractivity (Wildman–Crippen MR) is 68.0 cm³/mol. The number of hydrogen-bond donors (Lipinski definition) is 1. The Morgan fingerprint density at radius 1 is 1.28 bits per heavy atom. The minimum Gasteiger partial charge on any atom is -0.313 e. The van der Waals surface area contributed by atoms with Crippen LogP contribution in [-0.4, -0.2) is 32.2 Å². The van der Waals surface area contributed by atoms with E-state index >= 15 is 0 Å². The van der Waals surface area contributed by atoms with Gasteiger partial charge < -0.3 is 5.32 Å². The van der Waals surface area contributed by atoms with Gasteiger partial charge in [-0.2, -0.15) is 4.80 Å². The van der Waals surface area contributed by atoms with Crippen LogP contribution in [0.2, 0.25) is 0 Å². The minimum absolute atomic E-state index is 0.176. The number of nitrogens with one attached hydrogen (secondary N) is 1. The van der Waals surface area contributed by atoms with Crippen molar-refractivity contribution in [2.75, 3.05) is 7.05 Å². The summed E-state index contributed by atoms with van der Waals surface area (Å²) in [6, 6.07) is 4.35. The zero-order valence-electron chi connectivity index (χ0n) is 11.2. The average molecular weight is 246 g/mol. The molecule has 0 aliphatic carbocycles. The van der Waals surface area contributed by atoms with Crippen LogP contribution in [0.1, 0.15) is 28.8 Å². The van der Waals surface area contributed by atoms with Gasteiger partial charge in [0.05, 0.1) is 7.05 Å². The van der Waals surface area contributed by atoms with Crippen LogP contribution in [-0.2, 0) is 13.5 Å². The molecule has 0 radical (unpaired) electrons. The topological polar surface area (TPSA) is 68.5 Å². The second-order valence-corrected chi connectivity index (χ2v) is 4.42. The van der Waals surface area contributed by atoms with E-state index in [9.17, 15) is 0 Å². The SMILES string of the molecule is CNC(Cc1nnn(C)n1)c1cc(C)nc(C)c1. The molecule has 2 aromatic heterocycles. The Hall–Kier alpha value is -1.82. The number of tetrazole rings is 1. The van der Waals surface area contributed by atoms with Gasteiger partial charge in [-0.05, 0) is 43.8 Å². The van der Waals surface area contributed by atoms with Crippen molar-refractivity contribution >= 4 is 0 Å². The summed E-state index contributed by atoms with van der Waals surface area (Å²) in [7, 11) is 3.71. The van der Waals surface area contributed by atoms with Crippen LogP contribution in [0.25, 0.3) is 0 Å². The van der Waals surface area contributed by atoms with E-state index in [1.165, 1.54) is 10.4 Å². The molecular weight excluding hydrogens is 228 g/mol. The second kappa shape index (κ2) is 5.22. The van der Waals surface area contributed by atoms with Crippen molar-refractivity contribution in [3.05, 3.63) is 34.9 Å². The Bertz CT molecular complexity index is 513. The minimum atomic E-state index is 0.176. The molecule has 96 valence electrons. The number of nitrogens with zero attached hydrogens (tertiary/aromatic N) is 5. The van der Waals surface area contributed by atoms with Crippen molar-refractivity contribution in [3.8, 4) is 0 Å². The Kier molecular flexibility index (Phi) is 3.66. The molecule has 0 bridgehead atoms. The summed E-state index contributed by atoms with van der Waals surface area (Å²) in [6.07, 6.45) is 0.716. The first-order valence-electron chi connectivity index (χ1n) is 5.94. The van der Waals surface area contributed by atoms with Crippen LogP contribution in [0.4, 0.5) is 0 Å². The standard InChI is InChI=1S/C12H18N6/c1-8-5-10(6-9(2)14-8)11(13-3)7-12-15-17-18(4)16-12/h5-6,11,13H,7H2,1-4H3. The zero-order valence-corrected chi connectivity index (χ0v) is 11.2. The fraction of sp³-hybridized carbons (Fsp3) is 0.500. The normalized spacial score (nSPS) is 12.7. The van der Waals surface area contributed by atoms with Gasteiger partial charge in [0.1, 0.15) is 0 Å². The molecule has 1 atom stereocenters. The number of aryl methyl sites for hydroxylation is 3. The maximum absolute atomic E-state index is 4.39. The van der Waals surface area contributed by atoms with Crippen molar-refractivity contribution in [2.24, 2.45) is 7.05 Å². The highest BCUT2D eigenvalue weighted by Gasteiger charge is 2.14. The van der Waals surface area contributed by atoms with Gasteiger partial charge in [0, 0.05) is 23.9 Å². The molecule has 6 heteroatoms. The third kappa shape index (κ3) is 2.89. The van der Waals surface area contributed by atoms with Crippen molar-refractivity contribution in [3.63, 3.8) is 0 Å². The third-order valence-electron chi connectivity index (χ3n) is 2.79. The van der Waals surface area contributed by atoms with Gasteiger partial charge in [-0.1, -0.05) is 0 Å². The summed E-state index contributed by atoms with van der Waals surface area (Å²) in [4.78, 5) is 5.86. The van der Waals surface area contributed by atoms with E-state index in [2.05, 4.69) is 37.8 Å². The van der Waals surface area contributed by atoms with Crippen LogP contribution in [0.3, 0.4) is 0 Å². The molecule has 2 heterocycles. The van der Waals surface area contributed by atoms with Gasteiger partial charge in [-0.25, -0.2) is 0 Å². The molecule has 0 amide bonds. The number of likely N-dealkylation sites (N-methyl/N-ethyl adjacent to an activating group) is 1. The fourth-order valence-corrected chi connectivity index (χ4v) is 2.04. The van der Waals surface area contributed by atoms with E-state index in [0.29, 0.717) is 6.42 Å². The van der Waals surface area contributed by atoms with E-state index in [0.717, 1.165) is 17.2 Å². The fourth-order valence-electron chi connectivity index (χ4n) is 2.04. The molecule has 0 saturated carbocycles. The van der Waals surface area contributed by atoms with Gasteiger partial charge >= 0.3 is 0 Å². The Morgan fingerprint density at radius 2 is 1.94 bits per heavy atom. The number of rotatable bonds is 4. The van der Waals surface area contributed by atoms with E-state index in [4.69, 9.17) is 0 Å². The second-order valence-electron chi connectivity index (χ2n) is 4.42. The number of pyridine rings is 1. The van der Waals surface area contributed by atoms with Crippen molar-refractivity contribution < 1.29 is 0 Å². The Morgan fingerprint density at radius 3 is 2.44 bits per heavy atom. The zero-order chi connectivity index (χ0) is 13.1. The van der Waals surface area contributed by atoms with Crippen LogP contribution in [0.15, 0.2) is 12.1 Å². The largest absolute Gasteiger partial charge is 0.313 e. The number of aromatic nitrogens is 5. The lowest BCUT2D eigenvalue weighted by atomic mass is 10.0. The lowest BCUT2D eigenvalue weighted by Gasteiger charge is -2.15. The van der Waals surface area contributed by atoms with Gasteiger partial charge in [0.2, 0.25) is 0 Å². The average Bonchev–Trinajstić information content (AvgIpc) is 2.70. The highest BCUT2D eigenvalue weighted by Crippen LogP contribution is 2.17. The maximum Gasteiger partial charge on any atom is 0.176 e. The first kappa shape index (κ1) is 12.6. The molecule has 0 aromatic carbocycles. The molecule has 2 rings (SSSR count). The van der Waals surface area contributed by atoms with Gasteiger partial charge in [0.15, 0.2) is 5.82 Å². The van der Waals surface area contributed by atoms with Crippen LogP contribution < -0.4 is 5.32 Å². The molecule has 0 spiro atoms. The van der Waals surface area contributed by atoms with Gasteiger partial charge in [-0.3, -0.25) is 4.98 Å². The van der Waals surface area contributed by atoms with Crippen molar-refractivity contribution in [1.82, 2.24) is 30.5 Å². The highest BCUT2D eigenvalue weighted by molar-refractivity contribution is 5.24. The van der Waals surface area contributed by atoms with Gasteiger partial charge in [0.25, 0.3) is 0 Å². The lowest BCUT2D eigenvalue weighted by molar-refractivity contribution is 0.568. The molecule has 0 aliphatic heterocycles. The lowest BCUT2D eigenvalue weighted by Crippen LogP contribution is -2.20. The molecule has 0 aliphatic rings. The van der Waals surface area contributed by atoms with Crippen molar-refractivity contribution in [2.45, 2.75) is 26.3 Å². The summed E-state index contributed by atoms with van der Waals surface area (Å²) >= 11 is 0. The quantitative estimate of drug-likeness (QED) is 0.861. The van der Waals surface area contributed by atoms with Crippen LogP contribution >= 0.6 is 0 Å². The summed E-state index contributed by atoms with van der Waals surface area (Å²) in [5, 5.41) is 15.4. The molecular formula is C12H18N6. The summed E-state index contributed by atoms with van der Waals surface area (Å²) in [6.45, 7) is 4.01. The van der Waals surface area contributed by atoms with E-state index in [1.807, 2.05) is 20.9 Å². The Balaban J connectivity index is 2.22. The summed E-state index contributed by atoms with van der Waals surface area (Å²) in [5.41, 5.74) is 3.25. The van der Waals surface area contributed by atoms with E-state index in [-0.39, 0.29) is 6.04 Å². The Labute approximate surface area is 106 Å². The summed E-state index contributed by atoms with van der Waals surface area (Å²) in [5.74, 6) is 0.740.